The van der Waals surface area contributed by atoms with Crippen molar-refractivity contribution in [3.8, 4) is 5.75 Å². The zero-order valence-electron chi connectivity index (χ0n) is 12.7. The minimum atomic E-state index is 0.408. The van der Waals surface area contributed by atoms with Gasteiger partial charge in [-0.3, -0.25) is 0 Å². The van der Waals surface area contributed by atoms with E-state index in [1.807, 2.05) is 13.1 Å². The van der Waals surface area contributed by atoms with Gasteiger partial charge in [0.1, 0.15) is 12.4 Å². The summed E-state index contributed by atoms with van der Waals surface area (Å²) >= 11 is 3.58. The number of hydrogen-bond donors (Lipinski definition) is 1. The Bertz CT molecular complexity index is 385. The molecule has 114 valence electrons. The van der Waals surface area contributed by atoms with E-state index in [2.05, 4.69) is 40.3 Å². The maximum Gasteiger partial charge on any atom is 0.133 e. The van der Waals surface area contributed by atoms with Crippen LogP contribution < -0.4 is 10.1 Å². The molecule has 4 heteroatoms. The van der Waals surface area contributed by atoms with Crippen LogP contribution in [0.5, 0.6) is 5.75 Å². The first-order chi connectivity index (χ1) is 9.72. The molecular formula is C16H26BrNO2. The first-order valence-electron chi connectivity index (χ1n) is 7.31. The molecule has 0 fully saturated rings. The van der Waals surface area contributed by atoms with Crippen molar-refractivity contribution in [1.29, 1.82) is 0 Å². The summed E-state index contributed by atoms with van der Waals surface area (Å²) in [5.41, 5.74) is 1.30. The molecule has 0 aliphatic carbocycles. The average molecular weight is 344 g/mol. The zero-order chi connectivity index (χ0) is 14.8. The summed E-state index contributed by atoms with van der Waals surface area (Å²) in [6.07, 6.45) is 4.97. The van der Waals surface area contributed by atoms with Crippen LogP contribution in [0, 0.1) is 0 Å². The smallest absolute Gasteiger partial charge is 0.133 e. The molecule has 1 aromatic rings. The molecule has 0 spiro atoms. The van der Waals surface area contributed by atoms with E-state index in [0.29, 0.717) is 19.3 Å². The van der Waals surface area contributed by atoms with Gasteiger partial charge in [0.2, 0.25) is 0 Å². The normalized spacial score (nSPS) is 12.4. The summed E-state index contributed by atoms with van der Waals surface area (Å²) < 4.78 is 11.6. The molecule has 1 unspecified atom stereocenters. The number of nitrogens with one attached hydrogen (secondary N) is 1. The molecule has 1 aromatic carbocycles. The van der Waals surface area contributed by atoms with E-state index in [4.69, 9.17) is 9.47 Å². The number of rotatable bonds is 10. The Balaban J connectivity index is 2.63. The Morgan fingerprint density at radius 3 is 2.65 bits per heavy atom. The average Bonchev–Trinajstić information content (AvgIpc) is 2.46. The van der Waals surface area contributed by atoms with Gasteiger partial charge in [-0.05, 0) is 47.1 Å². The molecule has 1 atom stereocenters. The van der Waals surface area contributed by atoms with Crippen LogP contribution in [0.4, 0.5) is 0 Å². The molecule has 0 amide bonds. The van der Waals surface area contributed by atoms with E-state index in [-0.39, 0.29) is 0 Å². The van der Waals surface area contributed by atoms with Crippen LogP contribution in [0.3, 0.4) is 0 Å². The van der Waals surface area contributed by atoms with Crippen molar-refractivity contribution in [2.45, 2.75) is 38.6 Å². The Morgan fingerprint density at radius 1 is 1.25 bits per heavy atom. The fourth-order valence-electron chi connectivity index (χ4n) is 2.16. The second-order valence-electron chi connectivity index (χ2n) is 4.87. The van der Waals surface area contributed by atoms with E-state index < -0.39 is 0 Å². The van der Waals surface area contributed by atoms with Crippen LogP contribution in [0.2, 0.25) is 0 Å². The summed E-state index contributed by atoms with van der Waals surface area (Å²) in [7, 11) is 3.70. The lowest BCUT2D eigenvalue weighted by atomic mass is 10.0. The van der Waals surface area contributed by atoms with Gasteiger partial charge in [-0.2, -0.15) is 0 Å². The SMILES string of the molecule is CCCCCC(NC)c1ccc(OCCOC)c(Br)c1. The number of halogens is 1. The van der Waals surface area contributed by atoms with Crippen molar-refractivity contribution >= 4 is 15.9 Å². The van der Waals surface area contributed by atoms with Crippen LogP contribution >= 0.6 is 15.9 Å². The Kier molecular flexibility index (Phi) is 8.90. The standard InChI is InChI=1S/C16H26BrNO2/c1-4-5-6-7-15(18-2)13-8-9-16(14(17)12-13)20-11-10-19-3/h8-9,12,15,18H,4-7,10-11H2,1-3H3. The number of unbranched alkanes of at least 4 members (excludes halogenated alkanes) is 2. The van der Waals surface area contributed by atoms with Gasteiger partial charge < -0.3 is 14.8 Å². The monoisotopic (exact) mass is 343 g/mol. The van der Waals surface area contributed by atoms with Crippen LogP contribution in [0.1, 0.15) is 44.2 Å². The van der Waals surface area contributed by atoms with Gasteiger partial charge in [0.15, 0.2) is 0 Å². The van der Waals surface area contributed by atoms with E-state index in [0.717, 1.165) is 10.2 Å². The fourth-order valence-corrected chi connectivity index (χ4v) is 2.67. The first kappa shape index (κ1) is 17.5. The van der Waals surface area contributed by atoms with Crippen molar-refractivity contribution in [1.82, 2.24) is 5.32 Å². The minimum absolute atomic E-state index is 0.408. The Labute approximate surface area is 131 Å². The number of benzene rings is 1. The maximum atomic E-state index is 5.65. The minimum Gasteiger partial charge on any atom is -0.490 e. The third kappa shape index (κ3) is 5.81. The van der Waals surface area contributed by atoms with Crippen molar-refractivity contribution in [3.05, 3.63) is 28.2 Å². The molecule has 0 heterocycles. The zero-order valence-corrected chi connectivity index (χ0v) is 14.3. The topological polar surface area (TPSA) is 30.5 Å². The molecule has 1 rings (SSSR count). The fraction of sp³-hybridized carbons (Fsp3) is 0.625. The molecule has 1 N–H and O–H groups in total. The van der Waals surface area contributed by atoms with Gasteiger partial charge in [-0.25, -0.2) is 0 Å². The predicted octanol–water partition coefficient (Wildman–Crippen LogP) is 4.32. The van der Waals surface area contributed by atoms with Crippen LogP contribution in [-0.4, -0.2) is 27.4 Å². The lowest BCUT2D eigenvalue weighted by molar-refractivity contribution is 0.146. The van der Waals surface area contributed by atoms with Gasteiger partial charge >= 0.3 is 0 Å². The maximum absolute atomic E-state index is 5.65. The largest absolute Gasteiger partial charge is 0.490 e. The highest BCUT2D eigenvalue weighted by atomic mass is 79.9. The first-order valence-corrected chi connectivity index (χ1v) is 8.10. The highest BCUT2D eigenvalue weighted by molar-refractivity contribution is 9.10. The van der Waals surface area contributed by atoms with Crippen LogP contribution in [-0.2, 0) is 4.74 Å². The van der Waals surface area contributed by atoms with Crippen molar-refractivity contribution < 1.29 is 9.47 Å². The molecule has 0 aliphatic rings. The van der Waals surface area contributed by atoms with Gasteiger partial charge in [0.25, 0.3) is 0 Å². The lowest BCUT2D eigenvalue weighted by Gasteiger charge is -2.18. The second kappa shape index (κ2) is 10.2. The summed E-state index contributed by atoms with van der Waals surface area (Å²) in [5, 5.41) is 3.39. The summed E-state index contributed by atoms with van der Waals surface area (Å²) in [6.45, 7) is 3.40. The molecule has 0 saturated carbocycles. The third-order valence-corrected chi connectivity index (χ3v) is 3.97. The van der Waals surface area contributed by atoms with Gasteiger partial charge in [0, 0.05) is 13.2 Å². The van der Waals surface area contributed by atoms with Crippen LogP contribution in [0.25, 0.3) is 0 Å². The number of ether oxygens (including phenoxy) is 2. The third-order valence-electron chi connectivity index (χ3n) is 3.35. The number of methoxy groups -OCH3 is 1. The van der Waals surface area contributed by atoms with Gasteiger partial charge in [-0.15, -0.1) is 0 Å². The van der Waals surface area contributed by atoms with E-state index in [9.17, 15) is 0 Å². The highest BCUT2D eigenvalue weighted by Crippen LogP contribution is 2.30. The number of hydrogen-bond acceptors (Lipinski definition) is 3. The van der Waals surface area contributed by atoms with Crippen LogP contribution in [0.15, 0.2) is 22.7 Å². The Morgan fingerprint density at radius 2 is 2.05 bits per heavy atom. The molecule has 0 saturated heterocycles. The lowest BCUT2D eigenvalue weighted by Crippen LogP contribution is -2.16. The van der Waals surface area contributed by atoms with Gasteiger partial charge in [-0.1, -0.05) is 32.3 Å². The molecule has 0 aromatic heterocycles. The quantitative estimate of drug-likeness (QED) is 0.642. The predicted molar refractivity (Wildman–Crippen MR) is 87.5 cm³/mol. The van der Waals surface area contributed by atoms with Crippen molar-refractivity contribution in [2.24, 2.45) is 0 Å². The summed E-state index contributed by atoms with van der Waals surface area (Å²) in [6, 6.07) is 6.72. The molecule has 3 nitrogen and oxygen atoms in total. The highest BCUT2D eigenvalue weighted by Gasteiger charge is 2.11. The van der Waals surface area contributed by atoms with E-state index in [1.165, 1.54) is 31.2 Å². The van der Waals surface area contributed by atoms with E-state index in [1.54, 1.807) is 7.11 Å². The van der Waals surface area contributed by atoms with E-state index >= 15 is 0 Å². The summed E-state index contributed by atoms with van der Waals surface area (Å²) in [4.78, 5) is 0. The summed E-state index contributed by atoms with van der Waals surface area (Å²) in [5.74, 6) is 0.870. The Hall–Kier alpha value is -0.580. The molecule has 0 aliphatic heterocycles. The van der Waals surface area contributed by atoms with Gasteiger partial charge in [0.05, 0.1) is 11.1 Å². The molecule has 20 heavy (non-hydrogen) atoms. The molecular weight excluding hydrogens is 318 g/mol. The van der Waals surface area contributed by atoms with Crippen molar-refractivity contribution in [3.63, 3.8) is 0 Å². The molecule has 0 bridgehead atoms. The second-order valence-corrected chi connectivity index (χ2v) is 5.72. The molecule has 0 radical (unpaired) electrons. The van der Waals surface area contributed by atoms with Crippen molar-refractivity contribution in [2.75, 3.05) is 27.4 Å².